The van der Waals surface area contributed by atoms with Crippen LogP contribution in [0.3, 0.4) is 0 Å². The summed E-state index contributed by atoms with van der Waals surface area (Å²) in [6.45, 7) is 0. The number of rotatable bonds is 7. The second kappa shape index (κ2) is 16.0. The highest BCUT2D eigenvalue weighted by molar-refractivity contribution is 5.97. The summed E-state index contributed by atoms with van der Waals surface area (Å²) < 4.78 is 6.73. The molecule has 0 fully saturated rings. The van der Waals surface area contributed by atoms with E-state index in [1.54, 1.807) is 0 Å². The third-order valence-corrected chi connectivity index (χ3v) is 13.1. The van der Waals surface area contributed by atoms with Crippen molar-refractivity contribution in [2.45, 2.75) is 5.41 Å². The second-order valence-corrected chi connectivity index (χ2v) is 17.0. The zero-order chi connectivity index (χ0) is 45.0. The molecule has 9 aromatic carbocycles. The summed E-state index contributed by atoms with van der Waals surface area (Å²) in [5.74, 6) is 5.34. The first-order valence-corrected chi connectivity index (χ1v) is 22.7. The summed E-state index contributed by atoms with van der Waals surface area (Å²) >= 11 is 0. The molecular formula is C61H38N6O. The van der Waals surface area contributed by atoms with Crippen LogP contribution in [0.2, 0.25) is 0 Å². The summed E-state index contributed by atoms with van der Waals surface area (Å²) in [6, 6.07) is 79.3. The molecule has 318 valence electrons. The van der Waals surface area contributed by atoms with Gasteiger partial charge in [0.05, 0.1) is 5.41 Å². The smallest absolute Gasteiger partial charge is 0.164 e. The fraction of sp³-hybridized carbons (Fsp3) is 0.0164. The van der Waals surface area contributed by atoms with Crippen molar-refractivity contribution in [1.82, 2.24) is 29.9 Å². The van der Waals surface area contributed by atoms with Crippen LogP contribution in [0.25, 0.3) is 90.6 Å². The third kappa shape index (κ3) is 6.43. The Morgan fingerprint density at radius 1 is 0.250 bits per heavy atom. The number of fused-ring (bicyclic) bond motifs is 9. The van der Waals surface area contributed by atoms with Crippen LogP contribution in [0, 0.1) is 0 Å². The number of aromatic nitrogens is 6. The van der Waals surface area contributed by atoms with Gasteiger partial charge in [-0.1, -0.05) is 212 Å². The zero-order valence-corrected chi connectivity index (χ0v) is 36.5. The second-order valence-electron chi connectivity index (χ2n) is 17.0. The monoisotopic (exact) mass is 870 g/mol. The van der Waals surface area contributed by atoms with Gasteiger partial charge in [-0.25, -0.2) is 29.9 Å². The molecule has 0 saturated heterocycles. The number of para-hydroxylation sites is 2. The molecule has 0 N–H and O–H groups in total. The average molecular weight is 871 g/mol. The highest BCUT2D eigenvalue weighted by Crippen LogP contribution is 2.63. The Morgan fingerprint density at radius 2 is 0.603 bits per heavy atom. The van der Waals surface area contributed by atoms with Crippen LogP contribution < -0.4 is 4.74 Å². The quantitative estimate of drug-likeness (QED) is 0.158. The van der Waals surface area contributed by atoms with Crippen molar-refractivity contribution >= 4 is 0 Å². The molecule has 0 bridgehead atoms. The molecular weight excluding hydrogens is 833 g/mol. The largest absolute Gasteiger partial charge is 0.457 e. The summed E-state index contributed by atoms with van der Waals surface area (Å²) in [4.78, 5) is 30.3. The van der Waals surface area contributed by atoms with E-state index in [4.69, 9.17) is 34.6 Å². The van der Waals surface area contributed by atoms with Crippen molar-refractivity contribution in [3.8, 4) is 102 Å². The lowest BCUT2D eigenvalue weighted by Gasteiger charge is -2.39. The van der Waals surface area contributed by atoms with Gasteiger partial charge in [-0.05, 0) is 51.6 Å². The predicted octanol–water partition coefficient (Wildman–Crippen LogP) is 14.2. The molecule has 0 saturated carbocycles. The van der Waals surface area contributed by atoms with Crippen molar-refractivity contribution in [2.75, 3.05) is 0 Å². The molecule has 0 atom stereocenters. The van der Waals surface area contributed by atoms with Gasteiger partial charge in [0.15, 0.2) is 34.9 Å². The Labute approximate surface area is 393 Å². The molecule has 1 spiro atoms. The van der Waals surface area contributed by atoms with Crippen LogP contribution in [0.1, 0.15) is 22.3 Å². The van der Waals surface area contributed by atoms with E-state index in [0.717, 1.165) is 83.8 Å². The first-order chi connectivity index (χ1) is 33.7. The van der Waals surface area contributed by atoms with Crippen LogP contribution in [-0.2, 0) is 5.41 Å². The van der Waals surface area contributed by atoms with Crippen molar-refractivity contribution in [1.29, 1.82) is 0 Å². The first-order valence-electron chi connectivity index (χ1n) is 22.7. The van der Waals surface area contributed by atoms with Gasteiger partial charge in [0.25, 0.3) is 0 Å². The van der Waals surface area contributed by atoms with Gasteiger partial charge >= 0.3 is 0 Å². The van der Waals surface area contributed by atoms with E-state index in [1.807, 2.05) is 133 Å². The molecule has 11 aromatic rings. The van der Waals surface area contributed by atoms with Crippen LogP contribution in [0.4, 0.5) is 0 Å². The molecule has 68 heavy (non-hydrogen) atoms. The van der Waals surface area contributed by atoms with Crippen molar-refractivity contribution in [3.63, 3.8) is 0 Å². The minimum atomic E-state index is -0.730. The van der Waals surface area contributed by atoms with E-state index in [1.165, 1.54) is 5.56 Å². The van der Waals surface area contributed by atoms with Gasteiger partial charge < -0.3 is 4.74 Å². The molecule has 0 radical (unpaired) electrons. The van der Waals surface area contributed by atoms with Gasteiger partial charge in [-0.3, -0.25) is 0 Å². The minimum Gasteiger partial charge on any atom is -0.457 e. The highest BCUT2D eigenvalue weighted by Gasteiger charge is 2.51. The Bertz CT molecular complexity index is 3530. The van der Waals surface area contributed by atoms with Crippen LogP contribution in [0.5, 0.6) is 11.5 Å². The molecule has 1 aliphatic heterocycles. The van der Waals surface area contributed by atoms with Gasteiger partial charge in [0, 0.05) is 44.5 Å². The summed E-state index contributed by atoms with van der Waals surface area (Å²) in [5.41, 5.74) is 13.7. The van der Waals surface area contributed by atoms with E-state index in [2.05, 4.69) is 97.1 Å². The number of hydrogen-bond donors (Lipinski definition) is 0. The van der Waals surface area contributed by atoms with Crippen LogP contribution in [-0.4, -0.2) is 29.9 Å². The topological polar surface area (TPSA) is 86.6 Å². The zero-order valence-electron chi connectivity index (χ0n) is 36.5. The lowest BCUT2D eigenvalue weighted by Crippen LogP contribution is -2.32. The maximum absolute atomic E-state index is 6.73. The fourth-order valence-electron chi connectivity index (χ4n) is 10.0. The normalized spacial score (nSPS) is 12.6. The van der Waals surface area contributed by atoms with Gasteiger partial charge in [0.2, 0.25) is 0 Å². The van der Waals surface area contributed by atoms with Gasteiger partial charge in [-0.2, -0.15) is 0 Å². The van der Waals surface area contributed by atoms with Crippen LogP contribution >= 0.6 is 0 Å². The Hall–Kier alpha value is -9.20. The molecule has 7 nitrogen and oxygen atoms in total. The lowest BCUT2D eigenvalue weighted by molar-refractivity contribution is 0.436. The van der Waals surface area contributed by atoms with Gasteiger partial charge in [0.1, 0.15) is 11.5 Å². The molecule has 13 rings (SSSR count). The van der Waals surface area contributed by atoms with Gasteiger partial charge in [-0.15, -0.1) is 0 Å². The van der Waals surface area contributed by atoms with Crippen molar-refractivity contribution < 1.29 is 4.74 Å². The Kier molecular flexibility index (Phi) is 9.25. The number of benzene rings is 9. The molecule has 0 amide bonds. The molecule has 2 aliphatic rings. The summed E-state index contributed by atoms with van der Waals surface area (Å²) in [5, 5.41) is 0. The summed E-state index contributed by atoms with van der Waals surface area (Å²) in [6.07, 6.45) is 0. The Morgan fingerprint density at radius 3 is 1.06 bits per heavy atom. The van der Waals surface area contributed by atoms with Crippen molar-refractivity contribution in [2.24, 2.45) is 0 Å². The predicted molar refractivity (Wildman–Crippen MR) is 269 cm³/mol. The maximum atomic E-state index is 6.73. The standard InChI is InChI=1S/C61H38N6O/c1-5-18-40(19-6-1)55-62-56(41-20-7-2-8-21-41)65-59(64-55)44-34-32-39(33-35-44)46-26-17-29-50-54(46)47-37-36-45(38-51(47)61(50)48-27-13-15-30-52(48)68-53-31-16-14-28-49(53)61)60-66-57(42-22-9-3-10-23-42)63-58(67-60)43-24-11-4-12-25-43/h1-38H. The van der Waals surface area contributed by atoms with E-state index in [-0.39, 0.29) is 0 Å². The maximum Gasteiger partial charge on any atom is 0.164 e. The van der Waals surface area contributed by atoms with Crippen molar-refractivity contribution in [3.05, 3.63) is 253 Å². The average Bonchev–Trinajstić information content (AvgIpc) is 3.71. The summed E-state index contributed by atoms with van der Waals surface area (Å²) in [7, 11) is 0. The molecule has 0 unspecified atom stereocenters. The molecule has 7 heteroatoms. The molecule has 1 aliphatic carbocycles. The fourth-order valence-corrected chi connectivity index (χ4v) is 10.0. The third-order valence-electron chi connectivity index (χ3n) is 13.1. The van der Waals surface area contributed by atoms with E-state index in [0.29, 0.717) is 34.9 Å². The SMILES string of the molecule is c1ccc(-c2nc(-c3ccccc3)nc(-c3ccc(-c4cccc5c4-c4ccc(-c6nc(-c7ccccc7)nc(-c7ccccc7)n6)cc4C54c5ccccc5Oc5ccccc54)cc3)n2)cc1. The lowest BCUT2D eigenvalue weighted by atomic mass is 9.66. The van der Waals surface area contributed by atoms with Crippen LogP contribution in [0.15, 0.2) is 231 Å². The van der Waals surface area contributed by atoms with E-state index < -0.39 is 5.41 Å². The first kappa shape index (κ1) is 39.2. The highest BCUT2D eigenvalue weighted by atomic mass is 16.5. The molecule has 3 heterocycles. The molecule has 2 aromatic heterocycles. The number of nitrogens with zero attached hydrogens (tertiary/aromatic N) is 6. The number of ether oxygens (including phenoxy) is 1. The van der Waals surface area contributed by atoms with E-state index in [9.17, 15) is 0 Å². The number of hydrogen-bond acceptors (Lipinski definition) is 7. The Balaban J connectivity index is 1.00. The van der Waals surface area contributed by atoms with E-state index >= 15 is 0 Å². The minimum absolute atomic E-state index is 0.597.